The largest absolute Gasteiger partial charge is 0.508 e. The standard InChI is InChI=1S/C50H70N14O15S3/c1-50(30-11-15-33(65)16-12-30,31-13-17-34(66)18-14-31)22-19-39(67)52-24-20-40(68)53-25-21-42(70)55-36(9-3-5-26-64-28-32(59-63-64)7-6-10-41(69)58-48-60-61-49(81-48)62-82(78)79)45(74)54-23-4-2-8-35(51)44(73)56-37(27-43(71)72)46(75)57-38(29-80)47(76)77/h11-18,28,35-38,65-66,80H,2-10,19-27,29,51H2,1H3,(H,52,67)(H,53,68)(H,54,74)(H,55,70)(H,56,73)(H,57,75)(H,61,62)(H,71,72)(H,76,77)(H,78,79)(H,58,60,69)/t35-,36-,37-,38-/m0/s1. The summed E-state index contributed by atoms with van der Waals surface area (Å²) < 4.78 is 23.6. The number of hydrogen-bond donors (Lipinski definition) is 15. The molecule has 0 radical (unpaired) electrons. The first-order chi connectivity index (χ1) is 39.0. The monoisotopic (exact) mass is 1200 g/mol. The zero-order valence-corrected chi connectivity index (χ0v) is 47.4. The second kappa shape index (κ2) is 34.5. The predicted octanol–water partition coefficient (Wildman–Crippen LogP) is 0.577. The maximum atomic E-state index is 13.5. The molecule has 0 aliphatic rings. The summed E-state index contributed by atoms with van der Waals surface area (Å²) in [4.78, 5) is 113. The molecule has 7 amide bonds. The van der Waals surface area contributed by atoms with Gasteiger partial charge in [-0.15, -0.1) is 15.3 Å². The van der Waals surface area contributed by atoms with Crippen molar-refractivity contribution in [3.8, 4) is 11.5 Å². The second-order valence-electron chi connectivity index (χ2n) is 19.0. The number of aryl methyl sites for hydroxylation is 2. The van der Waals surface area contributed by atoms with Gasteiger partial charge in [0.05, 0.1) is 18.2 Å². The van der Waals surface area contributed by atoms with Gasteiger partial charge in [0, 0.05) is 69.2 Å². The van der Waals surface area contributed by atoms with Gasteiger partial charge in [0.25, 0.3) is 11.3 Å². The molecule has 29 nitrogen and oxygen atoms in total. The number of amides is 7. The molecule has 82 heavy (non-hydrogen) atoms. The Morgan fingerprint density at radius 1 is 0.671 bits per heavy atom. The fourth-order valence-corrected chi connectivity index (χ4v) is 9.41. The van der Waals surface area contributed by atoms with E-state index in [4.69, 9.17) is 10.3 Å². The normalized spacial score (nSPS) is 13.0. The number of nitrogens with two attached hydrogens (primary N) is 1. The number of carbonyl (C=O) groups excluding carboxylic acids is 7. The molecule has 0 fully saturated rings. The number of anilines is 2. The number of aliphatic carboxylic acids is 2. The van der Waals surface area contributed by atoms with Gasteiger partial charge in [0.1, 0.15) is 29.6 Å². The van der Waals surface area contributed by atoms with Crippen LogP contribution in [0.3, 0.4) is 0 Å². The van der Waals surface area contributed by atoms with Gasteiger partial charge in [0.15, 0.2) is 0 Å². The van der Waals surface area contributed by atoms with Crippen molar-refractivity contribution in [2.24, 2.45) is 5.73 Å². The zero-order valence-electron chi connectivity index (χ0n) is 44.8. The number of hydrogen-bond acceptors (Lipinski definition) is 19. The van der Waals surface area contributed by atoms with E-state index in [9.17, 15) is 67.8 Å². The molecular formula is C50H70N14O15S3. The molecule has 2 aromatic carbocycles. The summed E-state index contributed by atoms with van der Waals surface area (Å²) in [5.41, 5.74) is 7.69. The first kappa shape index (κ1) is 66.7. The van der Waals surface area contributed by atoms with E-state index in [1.54, 1.807) is 59.4 Å². The number of phenols is 2. The Balaban J connectivity index is 1.24. The lowest BCUT2D eigenvalue weighted by Crippen LogP contribution is -2.55. The Labute approximate surface area is 483 Å². The van der Waals surface area contributed by atoms with Crippen molar-refractivity contribution in [1.82, 2.24) is 57.1 Å². The Hall–Kier alpha value is -7.81. The van der Waals surface area contributed by atoms with E-state index in [0.29, 0.717) is 57.2 Å². The molecule has 0 spiro atoms. The Kier molecular flexibility index (Phi) is 28.0. The molecule has 15 N–H and O–H groups in total. The van der Waals surface area contributed by atoms with E-state index in [2.05, 4.69) is 75.1 Å². The number of nitrogens with zero attached hydrogens (tertiary/aromatic N) is 5. The average molecular weight is 1200 g/mol. The summed E-state index contributed by atoms with van der Waals surface area (Å²) in [6.07, 6.45) is 3.88. The van der Waals surface area contributed by atoms with Crippen LogP contribution >= 0.6 is 24.0 Å². The van der Waals surface area contributed by atoms with Crippen LogP contribution < -0.4 is 47.7 Å². The number of nitrogens with one attached hydrogen (secondary N) is 8. The van der Waals surface area contributed by atoms with Gasteiger partial charge in [-0.1, -0.05) is 47.7 Å². The molecule has 32 heteroatoms. The van der Waals surface area contributed by atoms with Crippen molar-refractivity contribution in [3.63, 3.8) is 0 Å². The predicted molar refractivity (Wildman–Crippen MR) is 301 cm³/mol. The van der Waals surface area contributed by atoms with Crippen LogP contribution in [0, 0.1) is 0 Å². The summed E-state index contributed by atoms with van der Waals surface area (Å²) in [7, 11) is 0. The molecule has 0 saturated carbocycles. The van der Waals surface area contributed by atoms with E-state index < -0.39 is 88.7 Å². The lowest BCUT2D eigenvalue weighted by molar-refractivity contribution is -0.143. The number of unbranched alkanes of at least 4 members (excludes halogenated alkanes) is 2. The smallest absolute Gasteiger partial charge is 0.327 e. The summed E-state index contributed by atoms with van der Waals surface area (Å²) in [6, 6.07) is 8.05. The van der Waals surface area contributed by atoms with E-state index in [1.807, 2.05) is 6.92 Å². The number of carbonyl (C=O) groups is 9. The molecule has 2 heterocycles. The first-order valence-electron chi connectivity index (χ1n) is 26.1. The Morgan fingerprint density at radius 3 is 1.88 bits per heavy atom. The molecule has 0 saturated heterocycles. The lowest BCUT2D eigenvalue weighted by atomic mass is 9.73. The summed E-state index contributed by atoms with van der Waals surface area (Å²) in [5.74, 6) is -6.99. The van der Waals surface area contributed by atoms with E-state index in [0.717, 1.165) is 22.5 Å². The van der Waals surface area contributed by atoms with Gasteiger partial charge in [-0.3, -0.25) is 52.3 Å². The number of phenolic OH excluding ortho intramolecular Hbond substituents is 2. The van der Waals surface area contributed by atoms with E-state index in [1.165, 1.54) is 0 Å². The maximum Gasteiger partial charge on any atom is 0.327 e. The highest BCUT2D eigenvalue weighted by Gasteiger charge is 2.31. The molecule has 448 valence electrons. The molecule has 4 rings (SSSR count). The van der Waals surface area contributed by atoms with Gasteiger partial charge < -0.3 is 63.4 Å². The van der Waals surface area contributed by atoms with Gasteiger partial charge >= 0.3 is 11.9 Å². The molecule has 5 atom stereocenters. The van der Waals surface area contributed by atoms with Crippen LogP contribution in [0.2, 0.25) is 0 Å². The summed E-state index contributed by atoms with van der Waals surface area (Å²) in [6.45, 7) is 2.41. The number of rotatable bonds is 38. The van der Waals surface area contributed by atoms with Crippen molar-refractivity contribution in [1.29, 1.82) is 0 Å². The molecule has 0 aliphatic carbocycles. The molecule has 0 bridgehead atoms. The SMILES string of the molecule is CC(CCC(=O)NCCC(=O)NCCC(=O)N[C@@H](CCCCn1cc(CCCC(=O)Nc2nnc(NS(=O)O)s2)nn1)C(=O)NCCCC[C@H](N)C(=O)N[C@@H](CC(=O)O)C(=O)N[C@@H](CS)C(=O)O)(c1ccc(O)cc1)c1ccc(O)cc1. The number of aromatic nitrogens is 5. The molecule has 2 aromatic heterocycles. The fourth-order valence-electron chi connectivity index (χ4n) is 8.08. The molecule has 4 aromatic rings. The molecular weight excluding hydrogens is 1130 g/mol. The van der Waals surface area contributed by atoms with Crippen LogP contribution in [0.1, 0.15) is 107 Å². The van der Waals surface area contributed by atoms with Crippen molar-refractivity contribution in [2.75, 3.05) is 35.4 Å². The van der Waals surface area contributed by atoms with Crippen LogP contribution in [-0.4, -0.2) is 157 Å². The van der Waals surface area contributed by atoms with Gasteiger partial charge in [-0.25, -0.2) is 9.00 Å². The van der Waals surface area contributed by atoms with Gasteiger partial charge in [0.2, 0.25) is 51.6 Å². The van der Waals surface area contributed by atoms with Gasteiger partial charge in [-0.2, -0.15) is 12.6 Å². The van der Waals surface area contributed by atoms with E-state index >= 15 is 0 Å². The highest BCUT2D eigenvalue weighted by Crippen LogP contribution is 2.38. The Morgan fingerprint density at radius 2 is 1.27 bits per heavy atom. The minimum absolute atomic E-state index is 0.0215. The third-order valence-electron chi connectivity index (χ3n) is 12.6. The number of benzene rings is 2. The minimum Gasteiger partial charge on any atom is -0.508 e. The van der Waals surface area contributed by atoms with Crippen LogP contribution in [0.5, 0.6) is 11.5 Å². The highest BCUT2D eigenvalue weighted by molar-refractivity contribution is 7.81. The second-order valence-corrected chi connectivity index (χ2v) is 21.1. The van der Waals surface area contributed by atoms with Gasteiger partial charge in [-0.05, 0) is 93.2 Å². The topological polar surface area (TPSA) is 451 Å². The fraction of sp³-hybridized carbons (Fsp3) is 0.500. The third kappa shape index (κ3) is 24.1. The van der Waals surface area contributed by atoms with E-state index in [-0.39, 0.29) is 97.5 Å². The van der Waals surface area contributed by atoms with Crippen LogP contribution in [0.25, 0.3) is 0 Å². The number of carboxylic acids is 2. The number of carboxylic acid groups (broad SMARTS) is 2. The highest BCUT2D eigenvalue weighted by atomic mass is 32.2. The average Bonchev–Trinajstić information content (AvgIpc) is 3.55. The first-order valence-corrected chi connectivity index (χ1v) is 28.6. The zero-order chi connectivity index (χ0) is 60.2. The van der Waals surface area contributed by atoms with Crippen molar-refractivity contribution in [2.45, 2.75) is 133 Å². The molecule has 1 unspecified atom stereocenters. The molecule has 0 aliphatic heterocycles. The quantitative estimate of drug-likeness (QED) is 0.0166. The van der Waals surface area contributed by atoms with Crippen molar-refractivity contribution < 1.29 is 72.3 Å². The summed E-state index contributed by atoms with van der Waals surface area (Å²) >= 11 is 2.42. The Bertz CT molecular complexity index is 2760. The minimum atomic E-state index is -2.34. The van der Waals surface area contributed by atoms with Crippen molar-refractivity contribution in [3.05, 3.63) is 71.5 Å². The van der Waals surface area contributed by atoms with Crippen LogP contribution in [-0.2, 0) is 72.8 Å². The third-order valence-corrected chi connectivity index (χ3v) is 14.3. The van der Waals surface area contributed by atoms with Crippen LogP contribution in [0.4, 0.5) is 10.3 Å². The van der Waals surface area contributed by atoms with Crippen LogP contribution in [0.15, 0.2) is 54.7 Å². The number of thiol groups is 1. The summed E-state index contributed by atoms with van der Waals surface area (Å²) in [5, 5.41) is 72.0. The van der Waals surface area contributed by atoms with Crippen molar-refractivity contribution >= 4 is 98.8 Å². The lowest BCUT2D eigenvalue weighted by Gasteiger charge is -2.31. The number of aromatic hydroxyl groups is 2. The maximum absolute atomic E-state index is 13.5.